The van der Waals surface area contributed by atoms with Gasteiger partial charge in [-0.05, 0) is 45.7 Å². The van der Waals surface area contributed by atoms with Crippen LogP contribution in [0.1, 0.15) is 39.0 Å². The van der Waals surface area contributed by atoms with Gasteiger partial charge in [0.1, 0.15) is 5.78 Å². The van der Waals surface area contributed by atoms with Crippen LogP contribution in [0, 0.1) is 5.92 Å². The van der Waals surface area contributed by atoms with Gasteiger partial charge in [0.05, 0.1) is 0 Å². The van der Waals surface area contributed by atoms with Gasteiger partial charge in [-0.2, -0.15) is 0 Å². The molecule has 1 amide bonds. The molecule has 1 aliphatic heterocycles. The summed E-state index contributed by atoms with van der Waals surface area (Å²) >= 11 is 0. The zero-order chi connectivity index (χ0) is 13.5. The molecule has 0 radical (unpaired) electrons. The van der Waals surface area contributed by atoms with Crippen LogP contribution in [0.25, 0.3) is 0 Å². The minimum absolute atomic E-state index is 0.0886. The lowest BCUT2D eigenvalue weighted by atomic mass is 9.95. The number of amides is 1. The van der Waals surface area contributed by atoms with Gasteiger partial charge in [-0.1, -0.05) is 0 Å². The summed E-state index contributed by atoms with van der Waals surface area (Å²) in [5, 5.41) is 0. The fourth-order valence-electron chi connectivity index (χ4n) is 2.48. The molecule has 1 unspecified atom stereocenters. The van der Waals surface area contributed by atoms with Crippen molar-refractivity contribution in [2.75, 3.05) is 33.7 Å². The Hall–Kier alpha value is -0.900. The summed E-state index contributed by atoms with van der Waals surface area (Å²) < 4.78 is 0. The van der Waals surface area contributed by atoms with E-state index in [4.69, 9.17) is 0 Å². The average molecular weight is 254 g/mol. The molecule has 0 aromatic carbocycles. The van der Waals surface area contributed by atoms with Crippen LogP contribution in [0.2, 0.25) is 0 Å². The summed E-state index contributed by atoms with van der Waals surface area (Å²) in [6, 6.07) is 0. The Balaban J connectivity index is 2.21. The molecule has 1 heterocycles. The van der Waals surface area contributed by atoms with E-state index in [2.05, 4.69) is 11.9 Å². The summed E-state index contributed by atoms with van der Waals surface area (Å²) in [6.07, 6.45) is 4.35. The summed E-state index contributed by atoms with van der Waals surface area (Å²) in [7, 11) is 4.00. The Kier molecular flexibility index (Phi) is 6.33. The molecular weight excluding hydrogens is 228 g/mol. The molecule has 104 valence electrons. The predicted octanol–water partition coefficient (Wildman–Crippen LogP) is 1.55. The summed E-state index contributed by atoms with van der Waals surface area (Å²) in [5.74, 6) is 0.895. The van der Waals surface area contributed by atoms with E-state index in [0.717, 1.165) is 19.5 Å². The zero-order valence-electron chi connectivity index (χ0n) is 11.9. The van der Waals surface area contributed by atoms with Gasteiger partial charge < -0.3 is 14.6 Å². The maximum atomic E-state index is 11.7. The largest absolute Gasteiger partial charge is 0.346 e. The van der Waals surface area contributed by atoms with Crippen molar-refractivity contribution in [2.45, 2.75) is 39.0 Å². The topological polar surface area (TPSA) is 40.6 Å². The molecule has 0 N–H and O–H groups in total. The van der Waals surface area contributed by atoms with Gasteiger partial charge in [-0.15, -0.1) is 0 Å². The third kappa shape index (κ3) is 5.63. The number of piperidine rings is 1. The van der Waals surface area contributed by atoms with Gasteiger partial charge in [0.25, 0.3) is 0 Å². The number of likely N-dealkylation sites (tertiary alicyclic amines) is 1. The number of hydrogen-bond donors (Lipinski definition) is 0. The fraction of sp³-hybridized carbons (Fsp3) is 0.857. The maximum Gasteiger partial charge on any atom is 0.222 e. The van der Waals surface area contributed by atoms with E-state index in [1.165, 1.54) is 26.3 Å². The maximum absolute atomic E-state index is 11.7. The van der Waals surface area contributed by atoms with E-state index in [1.54, 1.807) is 4.90 Å². The van der Waals surface area contributed by atoms with Crippen molar-refractivity contribution in [3.8, 4) is 0 Å². The molecule has 0 aromatic rings. The van der Waals surface area contributed by atoms with Gasteiger partial charge in [-0.25, -0.2) is 0 Å². The molecule has 0 saturated carbocycles. The molecule has 1 atom stereocenters. The van der Waals surface area contributed by atoms with Gasteiger partial charge in [0, 0.05) is 33.0 Å². The van der Waals surface area contributed by atoms with E-state index in [0.29, 0.717) is 18.8 Å². The highest BCUT2D eigenvalue weighted by atomic mass is 16.2. The van der Waals surface area contributed by atoms with Crippen LogP contribution in [0.15, 0.2) is 0 Å². The number of nitrogens with zero attached hydrogens (tertiary/aromatic N) is 2. The summed E-state index contributed by atoms with van der Waals surface area (Å²) in [6.45, 7) is 4.69. The highest BCUT2D eigenvalue weighted by Gasteiger charge is 2.18. The molecule has 0 bridgehead atoms. The zero-order valence-corrected chi connectivity index (χ0v) is 11.9. The number of rotatable bonds is 6. The number of Topliss-reactive ketones (excluding diaryl/α,β-unsaturated/α-hetero) is 1. The van der Waals surface area contributed by atoms with Crippen molar-refractivity contribution in [3.05, 3.63) is 0 Å². The number of carbonyl (C=O) groups excluding carboxylic acids is 2. The Morgan fingerprint density at radius 1 is 1.33 bits per heavy atom. The van der Waals surface area contributed by atoms with E-state index in [1.807, 2.05) is 7.05 Å². The Bertz CT molecular complexity index is 292. The molecule has 1 aliphatic rings. The molecule has 1 fully saturated rings. The minimum atomic E-state index is 0.0886. The average Bonchev–Trinajstić information content (AvgIpc) is 2.33. The first kappa shape index (κ1) is 15.2. The third-order valence-electron chi connectivity index (χ3n) is 3.71. The molecule has 1 saturated heterocycles. The highest BCUT2D eigenvalue weighted by molar-refractivity contribution is 5.83. The van der Waals surface area contributed by atoms with Crippen molar-refractivity contribution in [2.24, 2.45) is 5.92 Å². The predicted molar refractivity (Wildman–Crippen MR) is 72.4 cm³/mol. The van der Waals surface area contributed by atoms with Crippen LogP contribution in [0.3, 0.4) is 0 Å². The monoisotopic (exact) mass is 254 g/mol. The Morgan fingerprint density at radius 3 is 2.67 bits per heavy atom. The second-order valence-electron chi connectivity index (χ2n) is 5.58. The first-order valence-corrected chi connectivity index (χ1v) is 6.91. The SMILES string of the molecule is CC(=O)CCC(=O)N(C)CCC1CCCN(C)C1. The Labute approximate surface area is 110 Å². The molecule has 4 nitrogen and oxygen atoms in total. The lowest BCUT2D eigenvalue weighted by Gasteiger charge is -2.30. The van der Waals surface area contributed by atoms with Crippen LogP contribution in [-0.2, 0) is 9.59 Å². The van der Waals surface area contributed by atoms with Crippen molar-refractivity contribution in [1.82, 2.24) is 9.80 Å². The van der Waals surface area contributed by atoms with Gasteiger partial charge >= 0.3 is 0 Å². The molecule has 0 aromatic heterocycles. The molecular formula is C14H26N2O2. The second kappa shape index (κ2) is 7.52. The Morgan fingerprint density at radius 2 is 2.06 bits per heavy atom. The van der Waals surface area contributed by atoms with Crippen molar-refractivity contribution < 1.29 is 9.59 Å². The highest BCUT2D eigenvalue weighted by Crippen LogP contribution is 2.18. The van der Waals surface area contributed by atoms with Gasteiger partial charge in [0.15, 0.2) is 0 Å². The normalized spacial score (nSPS) is 20.7. The first-order valence-electron chi connectivity index (χ1n) is 6.91. The number of ketones is 1. The summed E-state index contributed by atoms with van der Waals surface area (Å²) in [5.41, 5.74) is 0. The fourth-order valence-corrected chi connectivity index (χ4v) is 2.48. The van der Waals surface area contributed by atoms with Gasteiger partial charge in [-0.3, -0.25) is 4.79 Å². The third-order valence-corrected chi connectivity index (χ3v) is 3.71. The van der Waals surface area contributed by atoms with E-state index >= 15 is 0 Å². The minimum Gasteiger partial charge on any atom is -0.346 e. The van der Waals surface area contributed by atoms with Crippen LogP contribution in [0.4, 0.5) is 0 Å². The van der Waals surface area contributed by atoms with E-state index in [9.17, 15) is 9.59 Å². The van der Waals surface area contributed by atoms with Crippen LogP contribution >= 0.6 is 0 Å². The standard InChI is InChI=1S/C14H26N2O2/c1-12(17)6-7-14(18)16(3)10-8-13-5-4-9-15(2)11-13/h13H,4-11H2,1-3H3. The lowest BCUT2D eigenvalue weighted by molar-refractivity contribution is -0.132. The van der Waals surface area contributed by atoms with Crippen molar-refractivity contribution in [3.63, 3.8) is 0 Å². The molecule has 18 heavy (non-hydrogen) atoms. The molecule has 1 rings (SSSR count). The number of carbonyl (C=O) groups is 2. The van der Waals surface area contributed by atoms with E-state index in [-0.39, 0.29) is 11.7 Å². The van der Waals surface area contributed by atoms with Crippen LogP contribution in [0.5, 0.6) is 0 Å². The molecule has 0 spiro atoms. The molecule has 4 heteroatoms. The van der Waals surface area contributed by atoms with Crippen molar-refractivity contribution >= 4 is 11.7 Å². The number of hydrogen-bond acceptors (Lipinski definition) is 3. The van der Waals surface area contributed by atoms with Crippen LogP contribution < -0.4 is 0 Å². The van der Waals surface area contributed by atoms with Crippen LogP contribution in [-0.4, -0.2) is 55.2 Å². The van der Waals surface area contributed by atoms with Crippen molar-refractivity contribution in [1.29, 1.82) is 0 Å². The summed E-state index contributed by atoms with van der Waals surface area (Å²) in [4.78, 5) is 26.7. The first-order chi connectivity index (χ1) is 8.49. The van der Waals surface area contributed by atoms with Gasteiger partial charge in [0.2, 0.25) is 5.91 Å². The second-order valence-corrected chi connectivity index (χ2v) is 5.58. The quantitative estimate of drug-likeness (QED) is 0.722. The molecule has 0 aliphatic carbocycles. The smallest absolute Gasteiger partial charge is 0.222 e. The van der Waals surface area contributed by atoms with E-state index < -0.39 is 0 Å². The lowest BCUT2D eigenvalue weighted by Crippen LogP contribution is -2.35.